The Morgan fingerprint density at radius 2 is 1.25 bits per heavy atom. The Kier molecular flexibility index (Phi) is 3.28. The van der Waals surface area contributed by atoms with Gasteiger partial charge in [0.1, 0.15) is 0 Å². The molecule has 0 aliphatic heterocycles. The molecule has 0 unspecified atom stereocenters. The topological polar surface area (TPSA) is 0 Å². The Bertz CT molecular complexity index is 1540. The molecule has 0 bridgehead atoms. The summed E-state index contributed by atoms with van der Waals surface area (Å²) in [5.41, 5.74) is 1.57. The van der Waals surface area contributed by atoms with E-state index in [4.69, 9.17) is 0 Å². The van der Waals surface area contributed by atoms with Crippen molar-refractivity contribution < 1.29 is 0 Å². The predicted octanol–water partition coefficient (Wildman–Crippen LogP) is 8.87. The molecular formula is C26H20S2. The summed E-state index contributed by atoms with van der Waals surface area (Å²) in [5, 5.41) is 8.31. The number of hydrogen-bond donors (Lipinski definition) is 0. The minimum Gasteiger partial charge on any atom is -0.134 e. The third kappa shape index (κ3) is 2.22. The lowest BCUT2D eigenvalue weighted by Gasteiger charge is -2.18. The number of fused-ring (bicyclic) bond motifs is 9. The molecule has 0 aliphatic carbocycles. The Balaban J connectivity index is 1.81. The van der Waals surface area contributed by atoms with E-state index in [2.05, 4.69) is 87.5 Å². The van der Waals surface area contributed by atoms with E-state index in [1.807, 2.05) is 22.7 Å². The highest BCUT2D eigenvalue weighted by molar-refractivity contribution is 7.29. The van der Waals surface area contributed by atoms with Gasteiger partial charge in [0.2, 0.25) is 0 Å². The van der Waals surface area contributed by atoms with Crippen LogP contribution in [0.2, 0.25) is 0 Å². The van der Waals surface area contributed by atoms with Gasteiger partial charge in [-0.3, -0.25) is 0 Å². The van der Waals surface area contributed by atoms with Gasteiger partial charge in [0.25, 0.3) is 0 Å². The summed E-state index contributed by atoms with van der Waals surface area (Å²) < 4.78 is 5.61. The smallest absolute Gasteiger partial charge is 0.0448 e. The van der Waals surface area contributed by atoms with Gasteiger partial charge in [-0.1, -0.05) is 69.3 Å². The summed E-state index contributed by atoms with van der Waals surface area (Å²) in [7, 11) is 0. The van der Waals surface area contributed by atoms with Gasteiger partial charge >= 0.3 is 0 Å². The molecule has 28 heavy (non-hydrogen) atoms. The van der Waals surface area contributed by atoms with Crippen LogP contribution >= 0.6 is 22.7 Å². The summed E-state index contributed by atoms with van der Waals surface area (Å²) in [6.07, 6.45) is 0. The fourth-order valence-electron chi connectivity index (χ4n) is 4.28. The Labute approximate surface area is 172 Å². The molecular weight excluding hydrogens is 376 g/mol. The van der Waals surface area contributed by atoms with Crippen molar-refractivity contribution in [2.24, 2.45) is 0 Å². The standard InChI is InChI=1S/C26H20S2/c1-26(2,3)16-10-13-22-20(14-16)19-12-9-15-8-11-18-17-6-4-5-7-21(17)27-24(18)23(15)25(19)28-22/h4-14H,1-3H3. The van der Waals surface area contributed by atoms with Crippen LogP contribution in [0.5, 0.6) is 0 Å². The lowest BCUT2D eigenvalue weighted by Crippen LogP contribution is -2.10. The SMILES string of the molecule is CC(C)(C)c1ccc2sc3c(ccc4ccc5c6ccccc6sc5c43)c2c1. The zero-order valence-electron chi connectivity index (χ0n) is 16.2. The third-order valence-corrected chi connectivity index (χ3v) is 8.24. The normalized spacial score (nSPS) is 12.8. The van der Waals surface area contributed by atoms with Gasteiger partial charge in [-0.2, -0.15) is 0 Å². The van der Waals surface area contributed by atoms with Gasteiger partial charge in [-0.25, -0.2) is 0 Å². The highest BCUT2D eigenvalue weighted by Crippen LogP contribution is 2.45. The number of rotatable bonds is 0. The van der Waals surface area contributed by atoms with Crippen molar-refractivity contribution in [1.29, 1.82) is 0 Å². The first kappa shape index (κ1) is 16.5. The molecule has 4 aromatic carbocycles. The van der Waals surface area contributed by atoms with Crippen molar-refractivity contribution in [1.82, 2.24) is 0 Å². The van der Waals surface area contributed by atoms with E-state index in [0.717, 1.165) is 0 Å². The molecule has 0 saturated carbocycles. The summed E-state index contributed by atoms with van der Waals surface area (Å²) in [6.45, 7) is 6.87. The maximum absolute atomic E-state index is 2.41. The van der Waals surface area contributed by atoms with Crippen molar-refractivity contribution in [3.63, 3.8) is 0 Å². The van der Waals surface area contributed by atoms with Crippen LogP contribution in [-0.4, -0.2) is 0 Å². The summed E-state index contributed by atoms with van der Waals surface area (Å²) in [4.78, 5) is 0. The molecule has 0 atom stereocenters. The Morgan fingerprint density at radius 1 is 0.607 bits per heavy atom. The van der Waals surface area contributed by atoms with Gasteiger partial charge < -0.3 is 0 Å². The van der Waals surface area contributed by atoms with E-state index < -0.39 is 0 Å². The quantitative estimate of drug-likeness (QED) is 0.240. The lowest BCUT2D eigenvalue weighted by atomic mass is 9.86. The van der Waals surface area contributed by atoms with Gasteiger partial charge in [0.15, 0.2) is 0 Å². The average Bonchev–Trinajstić information content (AvgIpc) is 3.24. The molecule has 2 heteroatoms. The van der Waals surface area contributed by atoms with Crippen LogP contribution < -0.4 is 0 Å². The zero-order valence-corrected chi connectivity index (χ0v) is 17.8. The van der Waals surface area contributed by atoms with Crippen LogP contribution in [0, 0.1) is 0 Å². The van der Waals surface area contributed by atoms with E-state index in [1.165, 1.54) is 56.7 Å². The second kappa shape index (κ2) is 5.56. The Hall–Kier alpha value is -2.42. The minimum absolute atomic E-state index is 0.165. The molecule has 136 valence electrons. The molecule has 6 rings (SSSR count). The van der Waals surface area contributed by atoms with Gasteiger partial charge in [-0.15, -0.1) is 22.7 Å². The maximum atomic E-state index is 2.41. The molecule has 0 saturated heterocycles. The third-order valence-electron chi connectivity index (χ3n) is 5.83. The van der Waals surface area contributed by atoms with Crippen molar-refractivity contribution >= 4 is 73.8 Å². The number of hydrogen-bond acceptors (Lipinski definition) is 2. The van der Waals surface area contributed by atoms with Crippen molar-refractivity contribution in [2.45, 2.75) is 26.2 Å². The average molecular weight is 397 g/mol. The first-order chi connectivity index (χ1) is 13.5. The molecule has 0 N–H and O–H groups in total. The highest BCUT2D eigenvalue weighted by atomic mass is 32.1. The summed E-state index contributed by atoms with van der Waals surface area (Å²) >= 11 is 3.87. The molecule has 6 aromatic rings. The van der Waals surface area contributed by atoms with E-state index in [0.29, 0.717) is 0 Å². The first-order valence-corrected chi connectivity index (χ1v) is 11.3. The van der Waals surface area contributed by atoms with Crippen LogP contribution in [0.1, 0.15) is 26.3 Å². The van der Waals surface area contributed by atoms with Gasteiger partial charge in [0.05, 0.1) is 0 Å². The molecule has 0 spiro atoms. The number of thiophene rings is 2. The highest BCUT2D eigenvalue weighted by Gasteiger charge is 2.17. The molecule has 0 amide bonds. The van der Waals surface area contributed by atoms with Gasteiger partial charge in [0, 0.05) is 45.7 Å². The van der Waals surface area contributed by atoms with Crippen LogP contribution in [0.3, 0.4) is 0 Å². The summed E-state index contributed by atoms with van der Waals surface area (Å²) in [6, 6.07) is 25.0. The maximum Gasteiger partial charge on any atom is 0.0448 e. The Morgan fingerprint density at radius 3 is 1.96 bits per heavy atom. The lowest BCUT2D eigenvalue weighted by molar-refractivity contribution is 0.591. The van der Waals surface area contributed by atoms with Crippen LogP contribution in [0.25, 0.3) is 51.1 Å². The van der Waals surface area contributed by atoms with E-state index in [9.17, 15) is 0 Å². The molecule has 2 heterocycles. The second-order valence-electron chi connectivity index (χ2n) is 8.64. The van der Waals surface area contributed by atoms with Crippen molar-refractivity contribution in [2.75, 3.05) is 0 Å². The van der Waals surface area contributed by atoms with E-state index in [-0.39, 0.29) is 5.41 Å². The monoisotopic (exact) mass is 396 g/mol. The van der Waals surface area contributed by atoms with Crippen LogP contribution in [-0.2, 0) is 5.41 Å². The second-order valence-corrected chi connectivity index (χ2v) is 10.7. The molecule has 0 nitrogen and oxygen atoms in total. The van der Waals surface area contributed by atoms with Crippen molar-refractivity contribution in [3.8, 4) is 0 Å². The van der Waals surface area contributed by atoms with Crippen molar-refractivity contribution in [3.05, 3.63) is 72.3 Å². The fraction of sp³-hybridized carbons (Fsp3) is 0.154. The minimum atomic E-state index is 0.165. The molecule has 0 aliphatic rings. The molecule has 0 radical (unpaired) electrons. The van der Waals surface area contributed by atoms with E-state index in [1.54, 1.807) is 0 Å². The van der Waals surface area contributed by atoms with Gasteiger partial charge in [-0.05, 0) is 34.6 Å². The largest absolute Gasteiger partial charge is 0.134 e. The molecule has 2 aromatic heterocycles. The number of benzene rings is 4. The predicted molar refractivity (Wildman–Crippen MR) is 128 cm³/mol. The van der Waals surface area contributed by atoms with Crippen LogP contribution in [0.15, 0.2) is 66.7 Å². The van der Waals surface area contributed by atoms with E-state index >= 15 is 0 Å². The molecule has 0 fully saturated rings. The zero-order chi connectivity index (χ0) is 19.0. The van der Waals surface area contributed by atoms with Crippen LogP contribution in [0.4, 0.5) is 0 Å². The fourth-order valence-corrected chi connectivity index (χ4v) is 6.86. The first-order valence-electron chi connectivity index (χ1n) is 9.70. The summed E-state index contributed by atoms with van der Waals surface area (Å²) in [5.74, 6) is 0.